The Balaban J connectivity index is 1.72. The van der Waals surface area contributed by atoms with Gasteiger partial charge in [0.25, 0.3) is 0 Å². The van der Waals surface area contributed by atoms with E-state index in [1.807, 2.05) is 59.0 Å². The molecule has 1 aliphatic carbocycles. The minimum atomic E-state index is 0.164. The molecule has 0 radical (unpaired) electrons. The van der Waals surface area contributed by atoms with Crippen LogP contribution in [0.3, 0.4) is 0 Å². The highest BCUT2D eigenvalue weighted by atomic mass is 35.5. The molecule has 0 atom stereocenters. The van der Waals surface area contributed by atoms with Gasteiger partial charge in [0.2, 0.25) is 11.8 Å². The zero-order valence-electron chi connectivity index (χ0n) is 18.1. The van der Waals surface area contributed by atoms with Gasteiger partial charge in [-0.1, -0.05) is 43.1 Å². The van der Waals surface area contributed by atoms with Crippen LogP contribution in [0.25, 0.3) is 5.69 Å². The van der Waals surface area contributed by atoms with Crippen molar-refractivity contribution in [3.8, 4) is 17.3 Å². The molecule has 0 spiro atoms. The van der Waals surface area contributed by atoms with Gasteiger partial charge in [-0.3, -0.25) is 4.79 Å². The third kappa shape index (κ3) is 4.77. The van der Waals surface area contributed by atoms with Crippen LogP contribution in [0.1, 0.15) is 43.9 Å². The number of rotatable bonds is 8. The summed E-state index contributed by atoms with van der Waals surface area (Å²) in [5.41, 5.74) is 2.70. The molecule has 1 amide bonds. The Hall–Kier alpha value is -2.79. The number of ether oxygens (including phenoxy) is 1. The molecule has 31 heavy (non-hydrogen) atoms. The fourth-order valence-electron chi connectivity index (χ4n) is 3.83. The standard InChI is InChI=1S/C25H28ClN3O2/c1-3-16-28(24(30)19-8-7-9-19)17-23-18(2)27-29(21-10-5-4-6-11-21)25(23)31-22-14-12-20(26)13-15-22/h4-6,10-15,19H,3,7-9,16-17H2,1-2H3. The van der Waals surface area contributed by atoms with Gasteiger partial charge in [0.15, 0.2) is 0 Å². The average Bonchev–Trinajstić information content (AvgIpc) is 3.04. The highest BCUT2D eigenvalue weighted by Crippen LogP contribution is 2.34. The van der Waals surface area contributed by atoms with Crippen molar-refractivity contribution in [3.05, 3.63) is 70.9 Å². The Kier molecular flexibility index (Phi) is 6.62. The SMILES string of the molecule is CCCN(Cc1c(C)nn(-c2ccccc2)c1Oc1ccc(Cl)cc1)C(=O)C1CCC1. The smallest absolute Gasteiger partial charge is 0.227 e. The van der Waals surface area contributed by atoms with Crippen LogP contribution in [-0.2, 0) is 11.3 Å². The second-order valence-electron chi connectivity index (χ2n) is 8.06. The van der Waals surface area contributed by atoms with E-state index in [9.17, 15) is 4.79 Å². The number of halogens is 1. The summed E-state index contributed by atoms with van der Waals surface area (Å²) in [7, 11) is 0. The molecule has 5 nitrogen and oxygen atoms in total. The molecule has 1 aliphatic rings. The van der Waals surface area contributed by atoms with Crippen molar-refractivity contribution in [2.75, 3.05) is 6.54 Å². The summed E-state index contributed by atoms with van der Waals surface area (Å²) in [5, 5.41) is 5.43. The van der Waals surface area contributed by atoms with E-state index in [0.29, 0.717) is 23.2 Å². The lowest BCUT2D eigenvalue weighted by atomic mass is 9.84. The molecule has 0 N–H and O–H groups in total. The summed E-state index contributed by atoms with van der Waals surface area (Å²) < 4.78 is 8.15. The number of nitrogens with zero attached hydrogens (tertiary/aromatic N) is 3. The van der Waals surface area contributed by atoms with E-state index in [4.69, 9.17) is 21.4 Å². The predicted molar refractivity (Wildman–Crippen MR) is 123 cm³/mol. The van der Waals surface area contributed by atoms with E-state index in [2.05, 4.69) is 6.92 Å². The minimum Gasteiger partial charge on any atom is -0.439 e. The highest BCUT2D eigenvalue weighted by Gasteiger charge is 2.31. The normalized spacial score (nSPS) is 13.6. The maximum absolute atomic E-state index is 13.1. The maximum Gasteiger partial charge on any atom is 0.227 e. The summed E-state index contributed by atoms with van der Waals surface area (Å²) in [6.45, 7) is 5.30. The van der Waals surface area contributed by atoms with Crippen LogP contribution in [-0.4, -0.2) is 27.1 Å². The Bertz CT molecular complexity index is 1030. The summed E-state index contributed by atoms with van der Waals surface area (Å²) in [6.07, 6.45) is 4.05. The van der Waals surface area contributed by atoms with Crippen molar-refractivity contribution in [1.29, 1.82) is 0 Å². The van der Waals surface area contributed by atoms with Gasteiger partial charge in [0, 0.05) is 17.5 Å². The number of para-hydroxylation sites is 1. The van der Waals surface area contributed by atoms with Gasteiger partial charge < -0.3 is 9.64 Å². The summed E-state index contributed by atoms with van der Waals surface area (Å²) in [4.78, 5) is 15.0. The molecule has 1 aromatic heterocycles. The lowest BCUT2D eigenvalue weighted by Gasteiger charge is -2.31. The molecule has 3 aromatic rings. The first-order valence-corrected chi connectivity index (χ1v) is 11.3. The molecule has 162 valence electrons. The zero-order valence-corrected chi connectivity index (χ0v) is 18.8. The number of carbonyl (C=O) groups excluding carboxylic acids is 1. The lowest BCUT2D eigenvalue weighted by molar-refractivity contribution is -0.138. The Labute approximate surface area is 188 Å². The second-order valence-corrected chi connectivity index (χ2v) is 8.50. The van der Waals surface area contributed by atoms with Crippen molar-refractivity contribution >= 4 is 17.5 Å². The van der Waals surface area contributed by atoms with Gasteiger partial charge in [-0.25, -0.2) is 4.68 Å². The topological polar surface area (TPSA) is 47.4 Å². The van der Waals surface area contributed by atoms with Gasteiger partial charge in [-0.05, 0) is 62.6 Å². The van der Waals surface area contributed by atoms with Crippen LogP contribution in [0, 0.1) is 12.8 Å². The molecule has 6 heteroatoms. The first-order valence-electron chi connectivity index (χ1n) is 10.9. The molecule has 1 heterocycles. The van der Waals surface area contributed by atoms with Crippen LogP contribution in [0.2, 0.25) is 5.02 Å². The van der Waals surface area contributed by atoms with Crippen molar-refractivity contribution in [3.63, 3.8) is 0 Å². The predicted octanol–water partition coefficient (Wildman–Crippen LogP) is 6.17. The number of carbonyl (C=O) groups is 1. The zero-order chi connectivity index (χ0) is 21.8. The molecule has 0 saturated heterocycles. The van der Waals surface area contributed by atoms with E-state index in [-0.39, 0.29) is 11.8 Å². The lowest BCUT2D eigenvalue weighted by Crippen LogP contribution is -2.39. The number of amides is 1. The van der Waals surface area contributed by atoms with Crippen LogP contribution in [0.5, 0.6) is 11.6 Å². The quantitative estimate of drug-likeness (QED) is 0.423. The maximum atomic E-state index is 13.1. The number of hydrogen-bond acceptors (Lipinski definition) is 3. The van der Waals surface area contributed by atoms with Crippen molar-refractivity contribution < 1.29 is 9.53 Å². The Morgan fingerprint density at radius 2 is 1.87 bits per heavy atom. The summed E-state index contributed by atoms with van der Waals surface area (Å²) in [6, 6.07) is 17.2. The molecule has 1 saturated carbocycles. The fourth-order valence-corrected chi connectivity index (χ4v) is 3.95. The number of benzene rings is 2. The van der Waals surface area contributed by atoms with Crippen molar-refractivity contribution in [2.24, 2.45) is 5.92 Å². The fraction of sp³-hybridized carbons (Fsp3) is 0.360. The summed E-state index contributed by atoms with van der Waals surface area (Å²) in [5.74, 6) is 1.72. The van der Waals surface area contributed by atoms with Crippen LogP contribution in [0.4, 0.5) is 0 Å². The van der Waals surface area contributed by atoms with Crippen molar-refractivity contribution in [2.45, 2.75) is 46.1 Å². The number of aryl methyl sites for hydroxylation is 1. The first kappa shape index (κ1) is 21.4. The van der Waals surface area contributed by atoms with E-state index in [1.54, 1.807) is 12.1 Å². The minimum absolute atomic E-state index is 0.164. The van der Waals surface area contributed by atoms with Crippen LogP contribution < -0.4 is 4.74 Å². The Morgan fingerprint density at radius 1 is 1.16 bits per heavy atom. The van der Waals surface area contributed by atoms with Gasteiger partial charge in [0.05, 0.1) is 23.5 Å². The molecular formula is C25H28ClN3O2. The number of aromatic nitrogens is 2. The number of hydrogen-bond donors (Lipinski definition) is 0. The summed E-state index contributed by atoms with van der Waals surface area (Å²) >= 11 is 6.05. The van der Waals surface area contributed by atoms with E-state index in [1.165, 1.54) is 0 Å². The third-order valence-corrected chi connectivity index (χ3v) is 6.03. The van der Waals surface area contributed by atoms with Crippen molar-refractivity contribution in [1.82, 2.24) is 14.7 Å². The van der Waals surface area contributed by atoms with Gasteiger partial charge in [-0.2, -0.15) is 5.10 Å². The Morgan fingerprint density at radius 3 is 2.48 bits per heavy atom. The molecule has 0 unspecified atom stereocenters. The third-order valence-electron chi connectivity index (χ3n) is 5.77. The van der Waals surface area contributed by atoms with E-state index in [0.717, 1.165) is 49.2 Å². The highest BCUT2D eigenvalue weighted by molar-refractivity contribution is 6.30. The van der Waals surface area contributed by atoms with Gasteiger partial charge in [-0.15, -0.1) is 0 Å². The van der Waals surface area contributed by atoms with Crippen LogP contribution >= 0.6 is 11.6 Å². The molecule has 0 aliphatic heterocycles. The molecular weight excluding hydrogens is 410 g/mol. The van der Waals surface area contributed by atoms with Gasteiger partial charge >= 0.3 is 0 Å². The van der Waals surface area contributed by atoms with Gasteiger partial charge in [0.1, 0.15) is 5.75 Å². The molecule has 0 bridgehead atoms. The second kappa shape index (κ2) is 9.56. The first-order chi connectivity index (χ1) is 15.1. The van der Waals surface area contributed by atoms with Crippen LogP contribution in [0.15, 0.2) is 54.6 Å². The molecule has 2 aromatic carbocycles. The van der Waals surface area contributed by atoms with E-state index < -0.39 is 0 Å². The van der Waals surface area contributed by atoms with E-state index >= 15 is 0 Å². The molecule has 4 rings (SSSR count). The average molecular weight is 438 g/mol. The largest absolute Gasteiger partial charge is 0.439 e. The molecule has 1 fully saturated rings. The monoisotopic (exact) mass is 437 g/mol.